The number of nitrogens with two attached hydrogens (primary N) is 1. The Morgan fingerprint density at radius 3 is 2.63 bits per heavy atom. The van der Waals surface area contributed by atoms with Gasteiger partial charge >= 0.3 is 0 Å². The van der Waals surface area contributed by atoms with Crippen molar-refractivity contribution in [2.24, 2.45) is 11.1 Å². The minimum absolute atomic E-state index is 0.00668. The molecule has 1 aromatic heterocycles. The van der Waals surface area contributed by atoms with E-state index in [0.717, 1.165) is 38.6 Å². The average molecular weight is 395 g/mol. The Bertz CT molecular complexity index is 865. The fourth-order valence-electron chi connectivity index (χ4n) is 4.67. The van der Waals surface area contributed by atoms with Crippen LogP contribution in [0.1, 0.15) is 44.2 Å². The van der Waals surface area contributed by atoms with Crippen LogP contribution in [0.2, 0.25) is 0 Å². The number of nitrogens with zero attached hydrogens (tertiary/aromatic N) is 4. The molecule has 1 aliphatic carbocycles. The van der Waals surface area contributed by atoms with E-state index in [0.29, 0.717) is 25.2 Å². The van der Waals surface area contributed by atoms with E-state index < -0.39 is 10.0 Å². The van der Waals surface area contributed by atoms with Gasteiger partial charge in [-0.25, -0.2) is 13.6 Å². The number of carbonyl (C=O) groups is 2. The van der Waals surface area contributed by atoms with Crippen LogP contribution in [0.4, 0.5) is 0 Å². The van der Waals surface area contributed by atoms with Gasteiger partial charge in [0.1, 0.15) is 4.90 Å². The van der Waals surface area contributed by atoms with E-state index in [1.807, 2.05) is 4.90 Å². The Morgan fingerprint density at radius 1 is 1.15 bits per heavy atom. The minimum atomic E-state index is -3.88. The van der Waals surface area contributed by atoms with E-state index in [-0.39, 0.29) is 35.2 Å². The highest BCUT2D eigenvalue weighted by Crippen LogP contribution is 2.33. The highest BCUT2D eigenvalue weighted by molar-refractivity contribution is 7.89. The third kappa shape index (κ3) is 3.36. The zero-order chi connectivity index (χ0) is 19.2. The van der Waals surface area contributed by atoms with Gasteiger partial charge in [0.15, 0.2) is 0 Å². The summed E-state index contributed by atoms with van der Waals surface area (Å²) in [7, 11) is -3.88. The number of sulfonamides is 1. The number of likely N-dealkylation sites (tertiary alicyclic amines) is 1. The lowest BCUT2D eigenvalue weighted by Gasteiger charge is -2.40. The van der Waals surface area contributed by atoms with E-state index in [2.05, 4.69) is 5.10 Å². The van der Waals surface area contributed by atoms with Crippen molar-refractivity contribution < 1.29 is 18.0 Å². The van der Waals surface area contributed by atoms with Crippen LogP contribution in [-0.2, 0) is 32.7 Å². The molecule has 3 aliphatic rings. The summed E-state index contributed by atoms with van der Waals surface area (Å²) in [5.74, 6) is -0.0617. The number of primary sulfonamides is 1. The van der Waals surface area contributed by atoms with Gasteiger partial charge in [-0.3, -0.25) is 14.3 Å². The molecule has 4 rings (SSSR count). The molecule has 2 N–H and O–H groups in total. The van der Waals surface area contributed by atoms with Gasteiger partial charge in [0, 0.05) is 25.6 Å². The van der Waals surface area contributed by atoms with Crippen LogP contribution in [0.15, 0.2) is 11.1 Å². The van der Waals surface area contributed by atoms with Gasteiger partial charge in [-0.2, -0.15) is 5.10 Å². The van der Waals surface area contributed by atoms with Crippen molar-refractivity contribution in [3.8, 4) is 0 Å². The van der Waals surface area contributed by atoms with Crippen LogP contribution >= 0.6 is 0 Å². The molecule has 0 unspecified atom stereocenters. The Morgan fingerprint density at radius 2 is 1.93 bits per heavy atom. The first kappa shape index (κ1) is 18.4. The molecule has 1 aromatic rings. The summed E-state index contributed by atoms with van der Waals surface area (Å²) in [4.78, 5) is 29.1. The van der Waals surface area contributed by atoms with Gasteiger partial charge in [-0.05, 0) is 19.3 Å². The Balaban J connectivity index is 1.55. The zero-order valence-electron chi connectivity index (χ0n) is 15.2. The van der Waals surface area contributed by atoms with E-state index in [1.54, 1.807) is 9.58 Å². The number of amides is 2. The second-order valence-electron chi connectivity index (χ2n) is 7.63. The lowest BCUT2D eigenvalue weighted by atomic mass is 9.82. The second-order valence-corrected chi connectivity index (χ2v) is 9.16. The Kier molecular flexibility index (Phi) is 4.71. The largest absolute Gasteiger partial charge is 0.339 e. The van der Waals surface area contributed by atoms with Gasteiger partial charge in [0.25, 0.3) is 0 Å². The van der Waals surface area contributed by atoms with Crippen LogP contribution in [0.25, 0.3) is 0 Å². The first-order chi connectivity index (χ1) is 12.9. The van der Waals surface area contributed by atoms with Crippen molar-refractivity contribution in [2.45, 2.75) is 62.6 Å². The number of rotatable bonds is 3. The number of carbonyl (C=O) groups excluding carboxylic acids is 2. The number of aromatic nitrogens is 2. The van der Waals surface area contributed by atoms with Crippen molar-refractivity contribution in [3.05, 3.63) is 11.9 Å². The van der Waals surface area contributed by atoms with Gasteiger partial charge in [0.05, 0.1) is 30.9 Å². The standard InChI is InChI=1S/C17H25N5O4S/c18-27(25,26)15-10-19-22-9-8-20(11-14(15)22)17(24)12-4-1-2-5-13(12)21-7-3-6-16(21)23/h10,12-13H,1-9,11H2,(H2,18,25,26)/t12-,13+/m1/s1. The molecule has 2 amide bonds. The molecule has 0 radical (unpaired) electrons. The van der Waals surface area contributed by atoms with Crippen LogP contribution in [-0.4, -0.2) is 58.9 Å². The molecule has 1 saturated heterocycles. The number of hydrogen-bond acceptors (Lipinski definition) is 5. The smallest absolute Gasteiger partial charge is 0.241 e. The van der Waals surface area contributed by atoms with Crippen molar-refractivity contribution in [1.29, 1.82) is 0 Å². The molecule has 148 valence electrons. The highest BCUT2D eigenvalue weighted by atomic mass is 32.2. The van der Waals surface area contributed by atoms with Crippen molar-refractivity contribution >= 4 is 21.8 Å². The molecule has 2 fully saturated rings. The first-order valence-corrected chi connectivity index (χ1v) is 11.1. The minimum Gasteiger partial charge on any atom is -0.339 e. The molecule has 27 heavy (non-hydrogen) atoms. The van der Waals surface area contributed by atoms with E-state index in [1.165, 1.54) is 6.20 Å². The third-order valence-electron chi connectivity index (χ3n) is 6.01. The average Bonchev–Trinajstić information content (AvgIpc) is 3.26. The number of fused-ring (bicyclic) bond motifs is 1. The van der Waals surface area contributed by atoms with E-state index in [9.17, 15) is 18.0 Å². The molecular weight excluding hydrogens is 370 g/mol. The molecule has 0 aromatic carbocycles. The highest BCUT2D eigenvalue weighted by Gasteiger charge is 2.41. The van der Waals surface area contributed by atoms with Crippen LogP contribution in [0.5, 0.6) is 0 Å². The summed E-state index contributed by atoms with van der Waals surface area (Å²) in [6, 6.07) is -0.0363. The summed E-state index contributed by atoms with van der Waals surface area (Å²) in [6.45, 7) is 1.84. The lowest BCUT2D eigenvalue weighted by molar-refractivity contribution is -0.143. The molecule has 0 bridgehead atoms. The molecule has 10 heteroatoms. The van der Waals surface area contributed by atoms with Crippen molar-refractivity contribution in [1.82, 2.24) is 19.6 Å². The fourth-order valence-corrected chi connectivity index (χ4v) is 5.37. The molecule has 0 spiro atoms. The molecule has 2 aliphatic heterocycles. The maximum atomic E-state index is 13.3. The van der Waals surface area contributed by atoms with Crippen molar-refractivity contribution in [3.63, 3.8) is 0 Å². The SMILES string of the molecule is NS(=O)(=O)c1cnn2c1CN(C(=O)[C@@H]1CCCC[C@@H]1N1CCCC1=O)CC2. The van der Waals surface area contributed by atoms with Gasteiger partial charge in [-0.15, -0.1) is 0 Å². The molecule has 3 heterocycles. The maximum Gasteiger partial charge on any atom is 0.241 e. The Hall–Kier alpha value is -1.94. The molecular formula is C17H25N5O4S. The monoisotopic (exact) mass is 395 g/mol. The molecule has 2 atom stereocenters. The molecule has 1 saturated carbocycles. The summed E-state index contributed by atoms with van der Waals surface area (Å²) >= 11 is 0. The lowest BCUT2D eigenvalue weighted by Crippen LogP contribution is -2.51. The van der Waals surface area contributed by atoms with E-state index >= 15 is 0 Å². The summed E-state index contributed by atoms with van der Waals surface area (Å²) < 4.78 is 25.2. The predicted molar refractivity (Wildman–Crippen MR) is 95.7 cm³/mol. The number of hydrogen-bond donors (Lipinski definition) is 1. The topological polar surface area (TPSA) is 119 Å². The van der Waals surface area contributed by atoms with Crippen LogP contribution in [0.3, 0.4) is 0 Å². The quantitative estimate of drug-likeness (QED) is 0.776. The maximum absolute atomic E-state index is 13.3. The predicted octanol–water partition coefficient (Wildman–Crippen LogP) is 0.0539. The van der Waals surface area contributed by atoms with Crippen molar-refractivity contribution in [2.75, 3.05) is 13.1 Å². The summed E-state index contributed by atoms with van der Waals surface area (Å²) in [5, 5.41) is 9.36. The normalized spacial score (nSPS) is 26.3. The van der Waals surface area contributed by atoms with Crippen LogP contribution < -0.4 is 5.14 Å². The van der Waals surface area contributed by atoms with E-state index in [4.69, 9.17) is 5.14 Å². The third-order valence-corrected chi connectivity index (χ3v) is 6.96. The second kappa shape index (κ2) is 6.90. The van der Waals surface area contributed by atoms with Crippen LogP contribution in [0, 0.1) is 5.92 Å². The summed E-state index contributed by atoms with van der Waals surface area (Å²) in [6.07, 6.45) is 6.31. The van der Waals surface area contributed by atoms with Gasteiger partial charge in [-0.1, -0.05) is 12.8 Å². The zero-order valence-corrected chi connectivity index (χ0v) is 16.0. The van der Waals surface area contributed by atoms with Gasteiger partial charge in [0.2, 0.25) is 21.8 Å². The molecule has 9 nitrogen and oxygen atoms in total. The Labute approximate surface area is 158 Å². The summed E-state index contributed by atoms with van der Waals surface area (Å²) in [5.41, 5.74) is 0.460. The fraction of sp³-hybridized carbons (Fsp3) is 0.706. The first-order valence-electron chi connectivity index (χ1n) is 9.52. The van der Waals surface area contributed by atoms with Gasteiger partial charge < -0.3 is 9.80 Å².